The van der Waals surface area contributed by atoms with Crippen LogP contribution < -0.4 is 0 Å². The van der Waals surface area contributed by atoms with E-state index >= 15 is 0 Å². The SMILES string of the molecule is N#Cc1ccccc1-n1c2ccccc2c2cccc(-c3cccc4c5ccccc5n(-c5ccc6oc7ccccc7c6c5)c34)c21. The Kier molecular flexibility index (Phi) is 5.32. The summed E-state index contributed by atoms with van der Waals surface area (Å²) in [4.78, 5) is 0. The molecule has 10 rings (SSSR count). The van der Waals surface area contributed by atoms with E-state index in [1.54, 1.807) is 0 Å². The van der Waals surface area contributed by atoms with Crippen molar-refractivity contribution in [3.8, 4) is 28.6 Å². The smallest absolute Gasteiger partial charge is 0.135 e. The van der Waals surface area contributed by atoms with Crippen LogP contribution in [0.4, 0.5) is 0 Å². The van der Waals surface area contributed by atoms with Crippen LogP contribution in [0.5, 0.6) is 0 Å². The molecule has 0 atom stereocenters. The third-order valence-electron chi connectivity index (χ3n) is 9.56. The molecule has 3 heterocycles. The monoisotopic (exact) mass is 599 g/mol. The molecule has 0 N–H and O–H groups in total. The maximum atomic E-state index is 10.2. The summed E-state index contributed by atoms with van der Waals surface area (Å²) in [6.07, 6.45) is 0. The summed E-state index contributed by atoms with van der Waals surface area (Å²) in [6.45, 7) is 0. The van der Waals surface area contributed by atoms with E-state index in [9.17, 15) is 5.26 Å². The van der Waals surface area contributed by atoms with Gasteiger partial charge in [0.1, 0.15) is 17.2 Å². The number of furan rings is 1. The Hall–Kier alpha value is -6.57. The second kappa shape index (κ2) is 9.71. The van der Waals surface area contributed by atoms with Crippen LogP contribution in [0.25, 0.3) is 88.1 Å². The van der Waals surface area contributed by atoms with Gasteiger partial charge < -0.3 is 13.6 Å². The van der Waals surface area contributed by atoms with E-state index in [0.29, 0.717) is 5.56 Å². The number of para-hydroxylation sites is 6. The molecule has 0 aliphatic rings. The van der Waals surface area contributed by atoms with Crippen LogP contribution in [-0.4, -0.2) is 9.13 Å². The highest BCUT2D eigenvalue weighted by atomic mass is 16.3. The summed E-state index contributed by atoms with van der Waals surface area (Å²) in [6, 6.07) is 55.4. The van der Waals surface area contributed by atoms with Crippen molar-refractivity contribution in [1.29, 1.82) is 5.26 Å². The highest BCUT2D eigenvalue weighted by molar-refractivity contribution is 6.19. The first-order valence-corrected chi connectivity index (χ1v) is 15.8. The van der Waals surface area contributed by atoms with Gasteiger partial charge in [0, 0.05) is 49.1 Å². The number of aromatic nitrogens is 2. The lowest BCUT2D eigenvalue weighted by atomic mass is 9.99. The standard InChI is InChI=1S/C43H25N3O/c44-26-27-11-1-5-19-37(27)46-39-21-7-3-13-30(39)33-16-10-18-35(43(33)46)34-17-9-15-32-29-12-2-6-20-38(29)45(42(32)34)28-23-24-41-36(25-28)31-14-4-8-22-40(31)47-41/h1-25H. The zero-order chi connectivity index (χ0) is 31.1. The van der Waals surface area contributed by atoms with Crippen LogP contribution in [0.15, 0.2) is 156 Å². The molecule has 0 amide bonds. The zero-order valence-corrected chi connectivity index (χ0v) is 25.2. The Balaban J connectivity index is 1.36. The molecule has 4 nitrogen and oxygen atoms in total. The number of benzene rings is 7. The fourth-order valence-electron chi connectivity index (χ4n) is 7.61. The highest BCUT2D eigenvalue weighted by Gasteiger charge is 2.22. The quantitative estimate of drug-likeness (QED) is 0.203. The number of rotatable bonds is 3. The van der Waals surface area contributed by atoms with Crippen molar-refractivity contribution in [1.82, 2.24) is 9.13 Å². The average Bonchev–Trinajstić information content (AvgIpc) is 3.79. The summed E-state index contributed by atoms with van der Waals surface area (Å²) >= 11 is 0. The Morgan fingerprint density at radius 3 is 1.72 bits per heavy atom. The number of nitrogens with zero attached hydrogens (tertiary/aromatic N) is 3. The largest absolute Gasteiger partial charge is 0.456 e. The predicted molar refractivity (Wildman–Crippen MR) is 193 cm³/mol. The van der Waals surface area contributed by atoms with Crippen LogP contribution >= 0.6 is 0 Å². The van der Waals surface area contributed by atoms with Gasteiger partial charge in [-0.3, -0.25) is 0 Å². The van der Waals surface area contributed by atoms with Gasteiger partial charge in [-0.2, -0.15) is 5.26 Å². The van der Waals surface area contributed by atoms with E-state index in [1.165, 1.54) is 10.8 Å². The van der Waals surface area contributed by atoms with Crippen LogP contribution in [0.1, 0.15) is 5.56 Å². The minimum absolute atomic E-state index is 0.637. The van der Waals surface area contributed by atoms with Crippen LogP contribution in [0, 0.1) is 11.3 Å². The van der Waals surface area contributed by atoms with Crippen molar-refractivity contribution in [3.05, 3.63) is 157 Å². The molecule has 4 heteroatoms. The van der Waals surface area contributed by atoms with Crippen molar-refractivity contribution in [2.75, 3.05) is 0 Å². The number of fused-ring (bicyclic) bond motifs is 9. The summed E-state index contributed by atoms with van der Waals surface area (Å²) < 4.78 is 10.9. The Morgan fingerprint density at radius 1 is 0.447 bits per heavy atom. The van der Waals surface area contributed by atoms with E-state index in [0.717, 1.165) is 77.3 Å². The molecular weight excluding hydrogens is 574 g/mol. The molecule has 3 aromatic heterocycles. The summed E-state index contributed by atoms with van der Waals surface area (Å²) in [7, 11) is 0. The topological polar surface area (TPSA) is 46.8 Å². The average molecular weight is 600 g/mol. The summed E-state index contributed by atoms with van der Waals surface area (Å²) in [5.41, 5.74) is 11.0. The molecule has 218 valence electrons. The second-order valence-electron chi connectivity index (χ2n) is 12.0. The number of hydrogen-bond donors (Lipinski definition) is 0. The van der Waals surface area contributed by atoms with Crippen LogP contribution in [0.3, 0.4) is 0 Å². The lowest BCUT2D eigenvalue weighted by Gasteiger charge is -2.15. The van der Waals surface area contributed by atoms with E-state index in [1.807, 2.05) is 36.4 Å². The molecule has 0 aliphatic carbocycles. The van der Waals surface area contributed by atoms with Crippen molar-refractivity contribution < 1.29 is 4.42 Å². The van der Waals surface area contributed by atoms with Gasteiger partial charge in [-0.1, -0.05) is 103 Å². The second-order valence-corrected chi connectivity index (χ2v) is 12.0. The summed E-state index contributed by atoms with van der Waals surface area (Å²) in [5.74, 6) is 0. The normalized spacial score (nSPS) is 11.8. The van der Waals surface area contributed by atoms with Crippen molar-refractivity contribution in [3.63, 3.8) is 0 Å². The van der Waals surface area contributed by atoms with Crippen LogP contribution in [0.2, 0.25) is 0 Å². The van der Waals surface area contributed by atoms with Gasteiger partial charge in [0.25, 0.3) is 0 Å². The van der Waals surface area contributed by atoms with E-state index < -0.39 is 0 Å². The molecule has 0 bridgehead atoms. The molecule has 7 aromatic carbocycles. The highest BCUT2D eigenvalue weighted by Crippen LogP contribution is 2.44. The van der Waals surface area contributed by atoms with Gasteiger partial charge in [0.15, 0.2) is 0 Å². The Labute approximate surface area is 269 Å². The lowest BCUT2D eigenvalue weighted by Crippen LogP contribution is -1.99. The third-order valence-corrected chi connectivity index (χ3v) is 9.56. The van der Waals surface area contributed by atoms with Crippen LogP contribution in [-0.2, 0) is 0 Å². The van der Waals surface area contributed by atoms with Gasteiger partial charge in [0.05, 0.1) is 33.3 Å². The van der Waals surface area contributed by atoms with Crippen molar-refractivity contribution in [2.24, 2.45) is 0 Å². The van der Waals surface area contributed by atoms with Gasteiger partial charge >= 0.3 is 0 Å². The third kappa shape index (κ3) is 3.57. The van der Waals surface area contributed by atoms with E-state index in [4.69, 9.17) is 4.42 Å². The molecule has 0 saturated carbocycles. The van der Waals surface area contributed by atoms with Gasteiger partial charge in [0.2, 0.25) is 0 Å². The number of hydrogen-bond acceptors (Lipinski definition) is 2. The molecule has 0 unspecified atom stereocenters. The number of nitriles is 1. The molecular formula is C43H25N3O. The maximum absolute atomic E-state index is 10.2. The minimum Gasteiger partial charge on any atom is -0.456 e. The van der Waals surface area contributed by atoms with Gasteiger partial charge in [-0.15, -0.1) is 0 Å². The molecule has 10 aromatic rings. The first-order valence-electron chi connectivity index (χ1n) is 15.8. The summed E-state index contributed by atoms with van der Waals surface area (Å²) in [5, 5.41) is 17.1. The van der Waals surface area contributed by atoms with Crippen molar-refractivity contribution >= 4 is 65.6 Å². The fourth-order valence-corrected chi connectivity index (χ4v) is 7.61. The molecule has 0 spiro atoms. The predicted octanol–water partition coefficient (Wildman–Crippen LogP) is 11.3. The van der Waals surface area contributed by atoms with Crippen molar-refractivity contribution in [2.45, 2.75) is 0 Å². The maximum Gasteiger partial charge on any atom is 0.135 e. The first kappa shape index (κ1) is 25.7. The lowest BCUT2D eigenvalue weighted by molar-refractivity contribution is 0.669. The van der Waals surface area contributed by atoms with Gasteiger partial charge in [-0.25, -0.2) is 0 Å². The zero-order valence-electron chi connectivity index (χ0n) is 25.2. The molecule has 47 heavy (non-hydrogen) atoms. The Morgan fingerprint density at radius 2 is 1.00 bits per heavy atom. The molecule has 0 aliphatic heterocycles. The minimum atomic E-state index is 0.637. The molecule has 0 saturated heterocycles. The fraction of sp³-hybridized carbons (Fsp3) is 0. The van der Waals surface area contributed by atoms with E-state index in [-0.39, 0.29) is 0 Å². The molecule has 0 radical (unpaired) electrons. The molecule has 0 fully saturated rings. The first-order chi connectivity index (χ1) is 23.3. The van der Waals surface area contributed by atoms with Gasteiger partial charge in [-0.05, 0) is 48.5 Å². The Bertz CT molecular complexity index is 2930. The van der Waals surface area contributed by atoms with E-state index in [2.05, 4.69) is 130 Å².